The Bertz CT molecular complexity index is 566. The topological polar surface area (TPSA) is 21.1 Å². The van der Waals surface area contributed by atoms with Gasteiger partial charge in [-0.1, -0.05) is 25.5 Å². The number of piperidine rings is 1. The van der Waals surface area contributed by atoms with Gasteiger partial charge in [-0.15, -0.1) is 24.8 Å². The Kier molecular flexibility index (Phi) is 6.98. The van der Waals surface area contributed by atoms with Crippen LogP contribution in [0.3, 0.4) is 0 Å². The second-order valence-electron chi connectivity index (χ2n) is 5.57. The predicted octanol–water partition coefficient (Wildman–Crippen LogP) is 4.35. The van der Waals surface area contributed by atoms with Gasteiger partial charge in [0.15, 0.2) is 0 Å². The van der Waals surface area contributed by atoms with E-state index in [4.69, 9.17) is 4.98 Å². The number of aromatic nitrogens is 2. The lowest BCUT2D eigenvalue weighted by atomic mass is 10.0. The molecular weight excluding hydrogens is 305 g/mol. The lowest BCUT2D eigenvalue weighted by Crippen LogP contribution is -2.35. The summed E-state index contributed by atoms with van der Waals surface area (Å²) in [6.45, 7) is 4.68. The standard InChI is InChI=1S/C16H23N3.2ClH/c1-3-11-19-12-7-6-10-15(19)16-17-13-8-4-5-9-14(13)18(16)2;;/h4-5,8-9,15H,3,6-7,10-12H2,1-2H3;2*1H. The number of benzene rings is 1. The van der Waals surface area contributed by atoms with Crippen molar-refractivity contribution < 1.29 is 0 Å². The number of fused-ring (bicyclic) bond motifs is 1. The Hall–Kier alpha value is -0.770. The molecule has 0 radical (unpaired) electrons. The molecule has 1 fully saturated rings. The molecule has 0 saturated carbocycles. The summed E-state index contributed by atoms with van der Waals surface area (Å²) < 4.78 is 2.29. The zero-order valence-corrected chi connectivity index (χ0v) is 14.4. The molecule has 21 heavy (non-hydrogen) atoms. The van der Waals surface area contributed by atoms with Crippen LogP contribution in [0.1, 0.15) is 44.5 Å². The van der Waals surface area contributed by atoms with Crippen molar-refractivity contribution in [2.75, 3.05) is 13.1 Å². The van der Waals surface area contributed by atoms with Crippen molar-refractivity contribution in [2.45, 2.75) is 38.6 Å². The molecule has 118 valence electrons. The summed E-state index contributed by atoms with van der Waals surface area (Å²) in [6.07, 6.45) is 5.13. The normalized spacial score (nSPS) is 19.0. The van der Waals surface area contributed by atoms with E-state index in [0.29, 0.717) is 6.04 Å². The highest BCUT2D eigenvalue weighted by molar-refractivity contribution is 5.85. The van der Waals surface area contributed by atoms with Gasteiger partial charge in [-0.3, -0.25) is 4.90 Å². The number of hydrogen-bond acceptors (Lipinski definition) is 2. The molecule has 2 heterocycles. The first-order chi connectivity index (χ1) is 9.31. The van der Waals surface area contributed by atoms with Gasteiger partial charge in [0.2, 0.25) is 0 Å². The average Bonchev–Trinajstić information content (AvgIpc) is 2.78. The molecule has 0 spiro atoms. The highest BCUT2D eigenvalue weighted by atomic mass is 35.5. The summed E-state index contributed by atoms with van der Waals surface area (Å²) in [4.78, 5) is 7.51. The number of para-hydroxylation sites is 2. The van der Waals surface area contributed by atoms with Gasteiger partial charge in [0.05, 0.1) is 17.1 Å². The number of imidazole rings is 1. The van der Waals surface area contributed by atoms with E-state index in [-0.39, 0.29) is 24.8 Å². The van der Waals surface area contributed by atoms with Crippen molar-refractivity contribution in [3.05, 3.63) is 30.1 Å². The summed E-state index contributed by atoms with van der Waals surface area (Å²) in [5.41, 5.74) is 2.38. The van der Waals surface area contributed by atoms with E-state index in [1.54, 1.807) is 0 Å². The van der Waals surface area contributed by atoms with E-state index in [0.717, 1.165) is 5.52 Å². The zero-order chi connectivity index (χ0) is 13.2. The maximum absolute atomic E-state index is 4.89. The quantitative estimate of drug-likeness (QED) is 0.834. The first-order valence-electron chi connectivity index (χ1n) is 7.46. The Morgan fingerprint density at radius 1 is 1.19 bits per heavy atom. The van der Waals surface area contributed by atoms with Gasteiger partial charge >= 0.3 is 0 Å². The fourth-order valence-corrected chi connectivity index (χ4v) is 3.30. The highest BCUT2D eigenvalue weighted by Gasteiger charge is 2.27. The van der Waals surface area contributed by atoms with E-state index >= 15 is 0 Å². The van der Waals surface area contributed by atoms with Gasteiger partial charge in [-0.2, -0.15) is 0 Å². The highest BCUT2D eigenvalue weighted by Crippen LogP contribution is 2.31. The minimum Gasteiger partial charge on any atom is -0.330 e. The first-order valence-corrected chi connectivity index (χ1v) is 7.46. The molecule has 0 amide bonds. The molecule has 0 N–H and O–H groups in total. The van der Waals surface area contributed by atoms with Gasteiger partial charge in [0.25, 0.3) is 0 Å². The fourth-order valence-electron chi connectivity index (χ4n) is 3.30. The molecule has 0 bridgehead atoms. The van der Waals surface area contributed by atoms with Crippen LogP contribution in [-0.4, -0.2) is 27.5 Å². The number of hydrogen-bond donors (Lipinski definition) is 0. The number of likely N-dealkylation sites (tertiary alicyclic amines) is 1. The summed E-state index contributed by atoms with van der Waals surface area (Å²) >= 11 is 0. The average molecular weight is 330 g/mol. The molecule has 3 nitrogen and oxygen atoms in total. The largest absolute Gasteiger partial charge is 0.330 e. The molecule has 0 aliphatic carbocycles. The number of rotatable bonds is 3. The Balaban J connectivity index is 0.00000110. The molecular formula is C16H25Cl2N3. The maximum atomic E-state index is 4.89. The molecule has 1 aromatic carbocycles. The van der Waals surface area contributed by atoms with Crippen molar-refractivity contribution in [2.24, 2.45) is 7.05 Å². The molecule has 1 atom stereocenters. The smallest absolute Gasteiger partial charge is 0.127 e. The van der Waals surface area contributed by atoms with Crippen LogP contribution in [-0.2, 0) is 7.05 Å². The summed E-state index contributed by atoms with van der Waals surface area (Å²) in [5.74, 6) is 1.24. The number of halogens is 2. The minimum atomic E-state index is 0. The molecule has 1 aromatic heterocycles. The Morgan fingerprint density at radius 3 is 2.67 bits per heavy atom. The second-order valence-corrected chi connectivity index (χ2v) is 5.57. The molecule has 1 aliphatic heterocycles. The van der Waals surface area contributed by atoms with Crippen molar-refractivity contribution >= 4 is 35.8 Å². The third-order valence-corrected chi connectivity index (χ3v) is 4.24. The summed E-state index contributed by atoms with van der Waals surface area (Å²) in [5, 5.41) is 0. The summed E-state index contributed by atoms with van der Waals surface area (Å²) in [6, 6.07) is 8.96. The zero-order valence-electron chi connectivity index (χ0n) is 12.8. The second kappa shape index (κ2) is 8.02. The SMILES string of the molecule is CCCN1CCCCC1c1nc2ccccc2n1C.Cl.Cl. The fraction of sp³-hybridized carbons (Fsp3) is 0.562. The van der Waals surface area contributed by atoms with Gasteiger partial charge in [0, 0.05) is 7.05 Å². The van der Waals surface area contributed by atoms with Crippen LogP contribution in [0, 0.1) is 0 Å². The summed E-state index contributed by atoms with van der Waals surface area (Å²) in [7, 11) is 2.16. The lowest BCUT2D eigenvalue weighted by molar-refractivity contribution is 0.140. The predicted molar refractivity (Wildman–Crippen MR) is 93.7 cm³/mol. The number of aryl methyl sites for hydroxylation is 1. The van der Waals surface area contributed by atoms with Crippen molar-refractivity contribution in [3.63, 3.8) is 0 Å². The molecule has 1 saturated heterocycles. The van der Waals surface area contributed by atoms with Gasteiger partial charge in [-0.25, -0.2) is 4.98 Å². The van der Waals surface area contributed by atoms with Crippen LogP contribution in [0.25, 0.3) is 11.0 Å². The monoisotopic (exact) mass is 329 g/mol. The minimum absolute atomic E-state index is 0. The van der Waals surface area contributed by atoms with Crippen LogP contribution < -0.4 is 0 Å². The van der Waals surface area contributed by atoms with E-state index in [2.05, 4.69) is 47.7 Å². The molecule has 1 aliphatic rings. The Morgan fingerprint density at radius 2 is 1.95 bits per heavy atom. The molecule has 2 aromatic rings. The van der Waals surface area contributed by atoms with Crippen molar-refractivity contribution in [1.82, 2.24) is 14.5 Å². The Labute approximate surface area is 139 Å². The van der Waals surface area contributed by atoms with E-state index in [1.165, 1.54) is 50.1 Å². The number of nitrogens with zero attached hydrogens (tertiary/aromatic N) is 3. The van der Waals surface area contributed by atoms with Crippen molar-refractivity contribution in [3.8, 4) is 0 Å². The van der Waals surface area contributed by atoms with Gasteiger partial charge < -0.3 is 4.57 Å². The van der Waals surface area contributed by atoms with Gasteiger partial charge in [0.1, 0.15) is 5.82 Å². The lowest BCUT2D eigenvalue weighted by Gasteiger charge is -2.35. The third kappa shape index (κ3) is 3.53. The van der Waals surface area contributed by atoms with Crippen LogP contribution in [0.2, 0.25) is 0 Å². The van der Waals surface area contributed by atoms with E-state index in [9.17, 15) is 0 Å². The van der Waals surface area contributed by atoms with E-state index < -0.39 is 0 Å². The van der Waals surface area contributed by atoms with Crippen LogP contribution in [0.5, 0.6) is 0 Å². The third-order valence-electron chi connectivity index (χ3n) is 4.24. The van der Waals surface area contributed by atoms with E-state index in [1.807, 2.05) is 0 Å². The van der Waals surface area contributed by atoms with Crippen LogP contribution in [0.4, 0.5) is 0 Å². The van der Waals surface area contributed by atoms with Crippen molar-refractivity contribution in [1.29, 1.82) is 0 Å². The molecule has 3 rings (SSSR count). The molecule has 5 heteroatoms. The molecule has 1 unspecified atom stereocenters. The van der Waals surface area contributed by atoms with Crippen LogP contribution >= 0.6 is 24.8 Å². The first kappa shape index (κ1) is 18.3. The van der Waals surface area contributed by atoms with Crippen LogP contribution in [0.15, 0.2) is 24.3 Å². The van der Waals surface area contributed by atoms with Gasteiger partial charge in [-0.05, 0) is 44.5 Å². The maximum Gasteiger partial charge on any atom is 0.127 e.